The van der Waals surface area contributed by atoms with Crippen LogP contribution >= 0.6 is 0 Å². The molecule has 6 aromatic carbocycles. The van der Waals surface area contributed by atoms with Crippen molar-refractivity contribution in [2.75, 3.05) is 0 Å². The van der Waals surface area contributed by atoms with E-state index < -0.39 is 0 Å². The predicted molar refractivity (Wildman–Crippen MR) is 142 cm³/mol. The van der Waals surface area contributed by atoms with E-state index in [0.29, 0.717) is 0 Å². The quantitative estimate of drug-likeness (QED) is 0.218. The maximum atomic E-state index is 2.28. The summed E-state index contributed by atoms with van der Waals surface area (Å²) in [7, 11) is 0. The summed E-state index contributed by atoms with van der Waals surface area (Å²) in [4.78, 5) is 0. The first-order valence-electron chi connectivity index (χ1n) is 11.3. The Morgan fingerprint density at radius 1 is 0.375 bits per heavy atom. The molecule has 0 heterocycles. The summed E-state index contributed by atoms with van der Waals surface area (Å²) in [5.41, 5.74) is 5.39. The van der Waals surface area contributed by atoms with Crippen molar-refractivity contribution in [2.45, 2.75) is 27.7 Å². The van der Waals surface area contributed by atoms with Gasteiger partial charge in [-0.1, -0.05) is 103 Å². The van der Waals surface area contributed by atoms with Gasteiger partial charge in [-0.25, -0.2) is 0 Å². The number of fused-ring (bicyclic) bond motifs is 6. The molecular weight excluding hydrogens is 384 g/mol. The first-order valence-corrected chi connectivity index (χ1v) is 11.3. The summed E-state index contributed by atoms with van der Waals surface area (Å²) in [6, 6.07) is 35.0. The second kappa shape index (κ2) is 8.13. The van der Waals surface area contributed by atoms with Crippen LogP contribution < -0.4 is 0 Å². The molecule has 0 aliphatic heterocycles. The van der Waals surface area contributed by atoms with Crippen molar-refractivity contribution in [3.05, 3.63) is 119 Å². The van der Waals surface area contributed by atoms with Gasteiger partial charge in [0.25, 0.3) is 0 Å². The van der Waals surface area contributed by atoms with Crippen LogP contribution in [0.1, 0.15) is 22.3 Å². The number of aryl methyl sites for hydroxylation is 4. The van der Waals surface area contributed by atoms with E-state index in [4.69, 9.17) is 0 Å². The zero-order valence-corrected chi connectivity index (χ0v) is 19.2. The van der Waals surface area contributed by atoms with Crippen LogP contribution in [-0.4, -0.2) is 0 Å². The fourth-order valence-corrected chi connectivity index (χ4v) is 4.95. The molecule has 32 heavy (non-hydrogen) atoms. The summed E-state index contributed by atoms with van der Waals surface area (Å²) < 4.78 is 0. The Balaban J connectivity index is 0.000000135. The molecule has 0 aromatic heterocycles. The van der Waals surface area contributed by atoms with E-state index in [1.807, 2.05) is 0 Å². The van der Waals surface area contributed by atoms with E-state index in [2.05, 4.69) is 125 Å². The van der Waals surface area contributed by atoms with Crippen molar-refractivity contribution >= 4 is 43.1 Å². The Bertz CT molecular complexity index is 1590. The molecule has 0 heteroatoms. The first-order chi connectivity index (χ1) is 15.5. The van der Waals surface area contributed by atoms with Crippen LogP contribution in [0.15, 0.2) is 97.1 Å². The highest BCUT2D eigenvalue weighted by atomic mass is 14.1. The van der Waals surface area contributed by atoms with E-state index in [0.717, 1.165) is 0 Å². The average Bonchev–Trinajstić information content (AvgIpc) is 2.80. The maximum Gasteiger partial charge on any atom is -0.00759 e. The molecule has 156 valence electrons. The van der Waals surface area contributed by atoms with Crippen LogP contribution in [-0.2, 0) is 0 Å². The Morgan fingerprint density at radius 3 is 1.69 bits per heavy atom. The van der Waals surface area contributed by atoms with E-state index in [1.54, 1.807) is 0 Å². The number of benzene rings is 6. The molecule has 0 saturated carbocycles. The van der Waals surface area contributed by atoms with Gasteiger partial charge in [0.1, 0.15) is 0 Å². The molecule has 0 spiro atoms. The Kier molecular flexibility index (Phi) is 5.15. The zero-order chi connectivity index (χ0) is 22.2. The summed E-state index contributed by atoms with van der Waals surface area (Å²) in [5.74, 6) is 0. The third-order valence-corrected chi connectivity index (χ3v) is 6.52. The summed E-state index contributed by atoms with van der Waals surface area (Å²) in [6.07, 6.45) is 0. The van der Waals surface area contributed by atoms with Crippen LogP contribution in [0.3, 0.4) is 0 Å². The van der Waals surface area contributed by atoms with Crippen molar-refractivity contribution in [2.24, 2.45) is 0 Å². The van der Waals surface area contributed by atoms with Crippen LogP contribution in [0.4, 0.5) is 0 Å². The lowest BCUT2D eigenvalue weighted by atomic mass is 9.95. The molecule has 0 saturated heterocycles. The molecule has 0 nitrogen and oxygen atoms in total. The van der Waals surface area contributed by atoms with E-state index >= 15 is 0 Å². The van der Waals surface area contributed by atoms with Gasteiger partial charge < -0.3 is 0 Å². The minimum atomic E-state index is 1.32. The van der Waals surface area contributed by atoms with Gasteiger partial charge in [-0.2, -0.15) is 0 Å². The van der Waals surface area contributed by atoms with Crippen molar-refractivity contribution < 1.29 is 0 Å². The van der Waals surface area contributed by atoms with Crippen molar-refractivity contribution in [1.29, 1.82) is 0 Å². The molecule has 0 aliphatic carbocycles. The lowest BCUT2D eigenvalue weighted by Crippen LogP contribution is -1.84. The number of hydrogen-bond acceptors (Lipinski definition) is 0. The lowest BCUT2D eigenvalue weighted by Gasteiger charge is -2.09. The topological polar surface area (TPSA) is 0 Å². The van der Waals surface area contributed by atoms with Gasteiger partial charge in [0.15, 0.2) is 0 Å². The molecule has 6 rings (SSSR count). The van der Waals surface area contributed by atoms with Crippen LogP contribution in [0, 0.1) is 27.7 Å². The molecule has 0 atom stereocenters. The summed E-state index contributed by atoms with van der Waals surface area (Å²) in [5, 5.41) is 10.9. The van der Waals surface area contributed by atoms with E-state index in [-0.39, 0.29) is 0 Å². The SMILES string of the molecule is Cc1cc2cccc(C)c2c2ccccc12.Cc1ccc2c(c1)cc(C)c1ccccc12. The van der Waals surface area contributed by atoms with Gasteiger partial charge >= 0.3 is 0 Å². The Hall–Kier alpha value is -3.64. The number of rotatable bonds is 0. The van der Waals surface area contributed by atoms with Crippen molar-refractivity contribution in [1.82, 2.24) is 0 Å². The third kappa shape index (κ3) is 3.52. The van der Waals surface area contributed by atoms with E-state index in [1.165, 1.54) is 65.3 Å². The minimum absolute atomic E-state index is 1.32. The Morgan fingerprint density at radius 2 is 0.969 bits per heavy atom. The molecule has 0 aliphatic rings. The maximum absolute atomic E-state index is 2.28. The molecule has 0 radical (unpaired) electrons. The van der Waals surface area contributed by atoms with Crippen molar-refractivity contribution in [3.8, 4) is 0 Å². The minimum Gasteiger partial charge on any atom is -0.0616 e. The van der Waals surface area contributed by atoms with Gasteiger partial charge in [0.2, 0.25) is 0 Å². The fraction of sp³-hybridized carbons (Fsp3) is 0.125. The van der Waals surface area contributed by atoms with Gasteiger partial charge in [-0.3, -0.25) is 0 Å². The highest BCUT2D eigenvalue weighted by Gasteiger charge is 2.05. The lowest BCUT2D eigenvalue weighted by molar-refractivity contribution is 1.49. The summed E-state index contributed by atoms with van der Waals surface area (Å²) in [6.45, 7) is 8.70. The molecule has 0 bridgehead atoms. The average molecular weight is 413 g/mol. The summed E-state index contributed by atoms with van der Waals surface area (Å²) >= 11 is 0. The second-order valence-electron chi connectivity index (χ2n) is 8.88. The largest absolute Gasteiger partial charge is 0.0616 e. The monoisotopic (exact) mass is 412 g/mol. The smallest absolute Gasteiger partial charge is 0.00759 e. The molecule has 0 amide bonds. The molecule has 0 unspecified atom stereocenters. The van der Waals surface area contributed by atoms with Crippen LogP contribution in [0.2, 0.25) is 0 Å². The number of hydrogen-bond donors (Lipinski definition) is 0. The van der Waals surface area contributed by atoms with Crippen molar-refractivity contribution in [3.63, 3.8) is 0 Å². The Labute approximate surface area is 190 Å². The van der Waals surface area contributed by atoms with Gasteiger partial charge in [0, 0.05) is 0 Å². The zero-order valence-electron chi connectivity index (χ0n) is 19.2. The predicted octanol–water partition coefficient (Wildman–Crippen LogP) is 9.22. The van der Waals surface area contributed by atoms with Crippen LogP contribution in [0.5, 0.6) is 0 Å². The second-order valence-corrected chi connectivity index (χ2v) is 8.88. The third-order valence-electron chi connectivity index (χ3n) is 6.52. The highest BCUT2D eigenvalue weighted by molar-refractivity contribution is 6.10. The van der Waals surface area contributed by atoms with Crippen LogP contribution in [0.25, 0.3) is 43.1 Å². The van der Waals surface area contributed by atoms with E-state index in [9.17, 15) is 0 Å². The highest BCUT2D eigenvalue weighted by Crippen LogP contribution is 2.31. The molecular formula is C32H28. The fourth-order valence-electron chi connectivity index (χ4n) is 4.95. The molecule has 0 N–H and O–H groups in total. The first kappa shape index (κ1) is 20.3. The van der Waals surface area contributed by atoms with Gasteiger partial charge in [-0.15, -0.1) is 0 Å². The normalized spacial score (nSPS) is 11.1. The van der Waals surface area contributed by atoms with Gasteiger partial charge in [-0.05, 0) is 87.5 Å². The van der Waals surface area contributed by atoms with Gasteiger partial charge in [0.05, 0.1) is 0 Å². The molecule has 6 aromatic rings. The standard InChI is InChI=1S/2C16H14/c1-11-6-5-7-13-10-12(2)14-8-3-4-9-15(14)16(11)13;1-11-7-8-15-13(9-11)10-12(2)14-5-3-4-6-16(14)15/h2*3-10H,1-2H3. The molecule has 0 fully saturated rings.